The van der Waals surface area contributed by atoms with Crippen LogP contribution < -0.4 is 5.73 Å². The van der Waals surface area contributed by atoms with Crippen molar-refractivity contribution >= 4 is 34.0 Å². The van der Waals surface area contributed by atoms with Crippen molar-refractivity contribution in [2.45, 2.75) is 13.8 Å². The minimum atomic E-state index is 1.16. The molecule has 4 aromatic rings. The Balaban J connectivity index is 0.00000102. The van der Waals surface area contributed by atoms with Crippen molar-refractivity contribution in [2.24, 2.45) is 5.73 Å². The SMILES string of the molecule is C=Cc1ccc2c3c(C)cccc3n(-c3ccccc3)c2c1/C=C\C.CN. The lowest BCUT2D eigenvalue weighted by atomic mass is 10.0. The van der Waals surface area contributed by atoms with Gasteiger partial charge in [-0.05, 0) is 50.2 Å². The second kappa shape index (κ2) is 8.07. The second-order valence-corrected chi connectivity index (χ2v) is 6.31. The van der Waals surface area contributed by atoms with Crippen LogP contribution in [0.25, 0.3) is 39.6 Å². The number of hydrogen-bond acceptors (Lipinski definition) is 1. The molecule has 0 spiro atoms. The molecular weight excluding hydrogens is 328 g/mol. The fourth-order valence-corrected chi connectivity index (χ4v) is 3.74. The maximum atomic E-state index is 4.50. The molecule has 2 nitrogen and oxygen atoms in total. The van der Waals surface area contributed by atoms with Crippen LogP contribution in [0.5, 0.6) is 0 Å². The molecule has 0 fully saturated rings. The third-order valence-electron chi connectivity index (χ3n) is 4.80. The molecule has 2 N–H and O–H groups in total. The number of rotatable bonds is 3. The number of benzene rings is 3. The largest absolute Gasteiger partial charge is 0.333 e. The van der Waals surface area contributed by atoms with Gasteiger partial charge in [-0.25, -0.2) is 0 Å². The van der Waals surface area contributed by atoms with Crippen LogP contribution in [-0.2, 0) is 0 Å². The first kappa shape index (κ1) is 18.7. The lowest BCUT2D eigenvalue weighted by molar-refractivity contribution is 1.18. The van der Waals surface area contributed by atoms with Gasteiger partial charge in [0.1, 0.15) is 0 Å². The number of aromatic nitrogens is 1. The molecule has 27 heavy (non-hydrogen) atoms. The summed E-state index contributed by atoms with van der Waals surface area (Å²) in [7, 11) is 1.50. The predicted molar refractivity (Wildman–Crippen MR) is 120 cm³/mol. The summed E-state index contributed by atoms with van der Waals surface area (Å²) in [6.07, 6.45) is 6.23. The lowest BCUT2D eigenvalue weighted by Crippen LogP contribution is -1.96. The molecule has 4 rings (SSSR count). The van der Waals surface area contributed by atoms with Gasteiger partial charge in [0.2, 0.25) is 0 Å². The van der Waals surface area contributed by atoms with Crippen molar-refractivity contribution in [1.82, 2.24) is 4.57 Å². The number of nitrogens with zero attached hydrogens (tertiary/aromatic N) is 1. The number of hydrogen-bond donors (Lipinski definition) is 1. The number of aryl methyl sites for hydroxylation is 1. The predicted octanol–water partition coefficient (Wildman–Crippen LogP) is 6.34. The van der Waals surface area contributed by atoms with E-state index in [0.29, 0.717) is 0 Å². The van der Waals surface area contributed by atoms with Crippen molar-refractivity contribution in [1.29, 1.82) is 0 Å². The molecular formula is C25H26N2. The number of nitrogens with two attached hydrogens (primary N) is 1. The van der Waals surface area contributed by atoms with Crippen LogP contribution in [0, 0.1) is 6.92 Å². The van der Waals surface area contributed by atoms with Gasteiger partial charge in [-0.3, -0.25) is 0 Å². The van der Waals surface area contributed by atoms with Crippen LogP contribution in [-0.4, -0.2) is 11.6 Å². The smallest absolute Gasteiger partial charge is 0.0619 e. The van der Waals surface area contributed by atoms with Gasteiger partial charge in [0.05, 0.1) is 11.0 Å². The van der Waals surface area contributed by atoms with E-state index in [1.807, 2.05) is 6.08 Å². The number of para-hydroxylation sites is 1. The first-order valence-electron chi connectivity index (χ1n) is 9.21. The fourth-order valence-electron chi connectivity index (χ4n) is 3.74. The molecule has 0 saturated heterocycles. The zero-order valence-corrected chi connectivity index (χ0v) is 16.2. The Bertz CT molecular complexity index is 1120. The highest BCUT2D eigenvalue weighted by molar-refractivity contribution is 6.13. The van der Waals surface area contributed by atoms with E-state index in [9.17, 15) is 0 Å². The Kier molecular flexibility index (Phi) is 5.58. The van der Waals surface area contributed by atoms with Crippen LogP contribution in [0.3, 0.4) is 0 Å². The summed E-state index contributed by atoms with van der Waals surface area (Å²) in [5.74, 6) is 0. The van der Waals surface area contributed by atoms with Gasteiger partial charge in [0.15, 0.2) is 0 Å². The van der Waals surface area contributed by atoms with Crippen molar-refractivity contribution in [3.05, 3.63) is 90.0 Å². The molecule has 1 heterocycles. The van der Waals surface area contributed by atoms with Gasteiger partial charge in [-0.2, -0.15) is 0 Å². The molecule has 0 saturated carbocycles. The van der Waals surface area contributed by atoms with E-state index in [1.165, 1.54) is 45.7 Å². The summed E-state index contributed by atoms with van der Waals surface area (Å²) in [5.41, 5.74) is 11.8. The third kappa shape index (κ3) is 3.09. The van der Waals surface area contributed by atoms with Gasteiger partial charge >= 0.3 is 0 Å². The van der Waals surface area contributed by atoms with E-state index in [0.717, 1.165) is 5.56 Å². The maximum absolute atomic E-state index is 4.50. The highest BCUT2D eigenvalue weighted by Crippen LogP contribution is 2.37. The molecule has 0 atom stereocenters. The molecule has 0 aliphatic rings. The number of allylic oxidation sites excluding steroid dienone is 1. The summed E-state index contributed by atoms with van der Waals surface area (Å²) in [6.45, 7) is 8.26. The van der Waals surface area contributed by atoms with Gasteiger partial charge in [0.25, 0.3) is 0 Å². The topological polar surface area (TPSA) is 30.9 Å². The molecule has 0 aliphatic heterocycles. The zero-order valence-electron chi connectivity index (χ0n) is 16.2. The van der Waals surface area contributed by atoms with E-state index >= 15 is 0 Å². The van der Waals surface area contributed by atoms with Gasteiger partial charge in [-0.1, -0.05) is 67.3 Å². The quantitative estimate of drug-likeness (QED) is 0.457. The Morgan fingerprint density at radius 1 is 0.926 bits per heavy atom. The van der Waals surface area contributed by atoms with E-state index in [-0.39, 0.29) is 0 Å². The lowest BCUT2D eigenvalue weighted by Gasteiger charge is -2.11. The molecule has 3 aromatic carbocycles. The van der Waals surface area contributed by atoms with Crippen LogP contribution >= 0.6 is 0 Å². The standard InChI is InChI=1S/C24H21N.CH5N/c1-4-10-20-18(5-2)15-16-21-23-17(3)11-9-14-22(23)25(24(20)21)19-12-7-6-8-13-19;1-2/h4-16H,2H2,1,3H3;2H2,1H3/b10-4-;. The van der Waals surface area contributed by atoms with Crippen molar-refractivity contribution < 1.29 is 0 Å². The minimum absolute atomic E-state index is 1.16. The van der Waals surface area contributed by atoms with Crippen LogP contribution in [0.4, 0.5) is 0 Å². The Morgan fingerprint density at radius 3 is 2.33 bits per heavy atom. The summed E-state index contributed by atoms with van der Waals surface area (Å²) in [5, 5.41) is 2.61. The first-order chi connectivity index (χ1) is 13.3. The molecule has 136 valence electrons. The van der Waals surface area contributed by atoms with Crippen LogP contribution in [0.15, 0.2) is 73.3 Å². The van der Waals surface area contributed by atoms with Gasteiger partial charge in [0, 0.05) is 22.0 Å². The van der Waals surface area contributed by atoms with E-state index in [1.54, 1.807) is 0 Å². The molecule has 0 bridgehead atoms. The first-order valence-corrected chi connectivity index (χ1v) is 9.21. The highest BCUT2D eigenvalue weighted by atomic mass is 15.0. The summed E-state index contributed by atoms with van der Waals surface area (Å²) in [4.78, 5) is 0. The second-order valence-electron chi connectivity index (χ2n) is 6.31. The Labute approximate surface area is 161 Å². The Hall–Kier alpha value is -3.10. The molecule has 0 radical (unpaired) electrons. The average molecular weight is 354 g/mol. The highest BCUT2D eigenvalue weighted by Gasteiger charge is 2.17. The Morgan fingerprint density at radius 2 is 1.67 bits per heavy atom. The van der Waals surface area contributed by atoms with Gasteiger partial charge in [-0.15, -0.1) is 0 Å². The van der Waals surface area contributed by atoms with Crippen molar-refractivity contribution in [2.75, 3.05) is 7.05 Å². The molecule has 1 aromatic heterocycles. The number of fused-ring (bicyclic) bond motifs is 3. The minimum Gasteiger partial charge on any atom is -0.333 e. The van der Waals surface area contributed by atoms with E-state index < -0.39 is 0 Å². The van der Waals surface area contributed by atoms with Gasteiger partial charge < -0.3 is 10.3 Å². The zero-order chi connectivity index (χ0) is 19.4. The molecule has 2 heteroatoms. The van der Waals surface area contributed by atoms with Crippen molar-refractivity contribution in [3.8, 4) is 5.69 Å². The van der Waals surface area contributed by atoms with E-state index in [2.05, 4.69) is 104 Å². The summed E-state index contributed by atoms with van der Waals surface area (Å²) >= 11 is 0. The summed E-state index contributed by atoms with van der Waals surface area (Å²) < 4.78 is 2.38. The monoisotopic (exact) mass is 354 g/mol. The van der Waals surface area contributed by atoms with Crippen LogP contribution in [0.2, 0.25) is 0 Å². The average Bonchev–Trinajstić information content (AvgIpc) is 3.06. The van der Waals surface area contributed by atoms with E-state index in [4.69, 9.17) is 0 Å². The normalized spacial score (nSPS) is 11.0. The summed E-state index contributed by atoms with van der Waals surface area (Å²) in [6, 6.07) is 21.5. The third-order valence-corrected chi connectivity index (χ3v) is 4.80. The molecule has 0 aliphatic carbocycles. The molecule has 0 amide bonds. The van der Waals surface area contributed by atoms with Crippen molar-refractivity contribution in [3.63, 3.8) is 0 Å². The van der Waals surface area contributed by atoms with Crippen LogP contribution in [0.1, 0.15) is 23.6 Å². The molecule has 0 unspecified atom stereocenters. The maximum Gasteiger partial charge on any atom is 0.0619 e. The fraction of sp³-hybridized carbons (Fsp3) is 0.120.